The number of nitrogens with one attached hydrogen (secondary N) is 1. The van der Waals surface area contributed by atoms with Crippen molar-refractivity contribution in [1.82, 2.24) is 0 Å². The van der Waals surface area contributed by atoms with E-state index in [2.05, 4.69) is 5.32 Å². The van der Waals surface area contributed by atoms with Crippen LogP contribution in [0.5, 0.6) is 5.75 Å². The molecule has 100 valence electrons. The van der Waals surface area contributed by atoms with Crippen molar-refractivity contribution in [3.05, 3.63) is 18.2 Å². The van der Waals surface area contributed by atoms with E-state index >= 15 is 0 Å². The fraction of sp³-hybridized carbons (Fsp3) is 0.462. The van der Waals surface area contributed by atoms with Crippen molar-refractivity contribution >= 4 is 17.3 Å². The maximum Gasteiger partial charge on any atom is 0.325 e. The molecule has 5 nitrogen and oxygen atoms in total. The van der Waals surface area contributed by atoms with Gasteiger partial charge in [-0.15, -0.1) is 0 Å². The van der Waals surface area contributed by atoms with Gasteiger partial charge >= 0.3 is 5.97 Å². The van der Waals surface area contributed by atoms with Crippen molar-refractivity contribution in [3.8, 4) is 5.75 Å². The summed E-state index contributed by atoms with van der Waals surface area (Å²) in [7, 11) is 1.54. The van der Waals surface area contributed by atoms with Crippen LogP contribution in [0.4, 0.5) is 11.4 Å². The van der Waals surface area contributed by atoms with Gasteiger partial charge < -0.3 is 20.5 Å². The molecule has 1 aromatic rings. The summed E-state index contributed by atoms with van der Waals surface area (Å²) >= 11 is 0. The summed E-state index contributed by atoms with van der Waals surface area (Å²) in [6.07, 6.45) is 0. The summed E-state index contributed by atoms with van der Waals surface area (Å²) < 4.78 is 10.3. The Kier molecular flexibility index (Phi) is 4.42. The number of anilines is 2. The predicted octanol–water partition coefficient (Wildman–Crippen LogP) is 2.03. The van der Waals surface area contributed by atoms with Crippen LogP contribution < -0.4 is 15.8 Å². The molecule has 0 saturated carbocycles. The zero-order valence-corrected chi connectivity index (χ0v) is 11.2. The van der Waals surface area contributed by atoms with E-state index in [1.54, 1.807) is 25.3 Å². The lowest BCUT2D eigenvalue weighted by molar-refractivity contribution is -0.152. The van der Waals surface area contributed by atoms with E-state index in [0.717, 1.165) is 5.69 Å². The van der Waals surface area contributed by atoms with Crippen molar-refractivity contribution in [3.63, 3.8) is 0 Å². The summed E-state index contributed by atoms with van der Waals surface area (Å²) in [5, 5.41) is 2.96. The Bertz CT molecular complexity index is 425. The second kappa shape index (κ2) is 5.62. The molecule has 0 aliphatic rings. The number of carbonyl (C=O) groups excluding carboxylic acids is 1. The second-order valence-corrected chi connectivity index (χ2v) is 4.90. The minimum atomic E-state index is -0.475. The van der Waals surface area contributed by atoms with Crippen LogP contribution in [0.25, 0.3) is 0 Å². The molecule has 0 bridgehead atoms. The Hall–Kier alpha value is -1.91. The number of methoxy groups -OCH3 is 1. The molecule has 0 saturated heterocycles. The van der Waals surface area contributed by atoms with Gasteiger partial charge in [0.05, 0.1) is 12.8 Å². The first kappa shape index (κ1) is 14.2. The Morgan fingerprint density at radius 2 is 2.06 bits per heavy atom. The zero-order valence-electron chi connectivity index (χ0n) is 11.2. The molecule has 0 heterocycles. The van der Waals surface area contributed by atoms with Crippen molar-refractivity contribution in [2.24, 2.45) is 0 Å². The van der Waals surface area contributed by atoms with Gasteiger partial charge in [-0.3, -0.25) is 4.79 Å². The number of benzene rings is 1. The molecule has 0 unspecified atom stereocenters. The van der Waals surface area contributed by atoms with Gasteiger partial charge in [0.1, 0.15) is 17.9 Å². The van der Waals surface area contributed by atoms with E-state index in [9.17, 15) is 4.79 Å². The van der Waals surface area contributed by atoms with Gasteiger partial charge in [0.25, 0.3) is 0 Å². The fourth-order valence-electron chi connectivity index (χ4n) is 1.37. The van der Waals surface area contributed by atoms with Gasteiger partial charge in [-0.2, -0.15) is 0 Å². The minimum absolute atomic E-state index is 0.102. The lowest BCUT2D eigenvalue weighted by Crippen LogP contribution is -2.28. The summed E-state index contributed by atoms with van der Waals surface area (Å²) in [5.41, 5.74) is 6.53. The number of esters is 1. The molecule has 0 radical (unpaired) electrons. The van der Waals surface area contributed by atoms with E-state index in [-0.39, 0.29) is 12.5 Å². The molecule has 1 aromatic carbocycles. The monoisotopic (exact) mass is 252 g/mol. The van der Waals surface area contributed by atoms with Gasteiger partial charge in [-0.25, -0.2) is 0 Å². The molecule has 18 heavy (non-hydrogen) atoms. The number of hydrogen-bond acceptors (Lipinski definition) is 5. The van der Waals surface area contributed by atoms with E-state index in [1.165, 1.54) is 0 Å². The summed E-state index contributed by atoms with van der Waals surface area (Å²) in [6, 6.07) is 5.23. The predicted molar refractivity (Wildman–Crippen MR) is 71.7 cm³/mol. The van der Waals surface area contributed by atoms with Gasteiger partial charge in [0.15, 0.2) is 0 Å². The highest BCUT2D eigenvalue weighted by Gasteiger charge is 2.15. The van der Waals surface area contributed by atoms with Crippen molar-refractivity contribution in [2.75, 3.05) is 24.7 Å². The van der Waals surface area contributed by atoms with Crippen LogP contribution >= 0.6 is 0 Å². The number of ether oxygens (including phenoxy) is 2. The first-order valence-electron chi connectivity index (χ1n) is 5.71. The van der Waals surface area contributed by atoms with E-state index in [0.29, 0.717) is 11.4 Å². The van der Waals surface area contributed by atoms with Gasteiger partial charge in [0.2, 0.25) is 0 Å². The summed E-state index contributed by atoms with van der Waals surface area (Å²) in [4.78, 5) is 11.5. The van der Waals surface area contributed by atoms with E-state index < -0.39 is 5.60 Å². The number of rotatable bonds is 4. The van der Waals surface area contributed by atoms with Crippen LogP contribution in [0.1, 0.15) is 20.8 Å². The zero-order chi connectivity index (χ0) is 13.8. The first-order valence-corrected chi connectivity index (χ1v) is 5.71. The van der Waals surface area contributed by atoms with Crippen LogP contribution in [0.2, 0.25) is 0 Å². The molecule has 0 aliphatic carbocycles. The largest absolute Gasteiger partial charge is 0.495 e. The van der Waals surface area contributed by atoms with Crippen LogP contribution in [-0.2, 0) is 9.53 Å². The van der Waals surface area contributed by atoms with E-state index in [1.807, 2.05) is 20.8 Å². The smallest absolute Gasteiger partial charge is 0.325 e. The molecule has 0 fully saturated rings. The average molecular weight is 252 g/mol. The minimum Gasteiger partial charge on any atom is -0.495 e. The Labute approximate surface area is 107 Å². The Balaban J connectivity index is 2.56. The van der Waals surface area contributed by atoms with Gasteiger partial charge in [0, 0.05) is 11.8 Å². The molecule has 1 rings (SSSR count). The molecule has 3 N–H and O–H groups in total. The fourth-order valence-corrected chi connectivity index (χ4v) is 1.37. The molecule has 0 amide bonds. The summed E-state index contributed by atoms with van der Waals surface area (Å²) in [5.74, 6) is 0.266. The first-order chi connectivity index (χ1) is 8.31. The second-order valence-electron chi connectivity index (χ2n) is 4.90. The lowest BCUT2D eigenvalue weighted by Gasteiger charge is -2.19. The number of carbonyl (C=O) groups is 1. The highest BCUT2D eigenvalue weighted by molar-refractivity contribution is 5.76. The third kappa shape index (κ3) is 4.53. The molecular formula is C13H20N2O3. The Morgan fingerprint density at radius 3 is 2.61 bits per heavy atom. The lowest BCUT2D eigenvalue weighted by atomic mass is 10.2. The number of hydrogen-bond donors (Lipinski definition) is 2. The maximum absolute atomic E-state index is 11.5. The number of nitrogen functional groups attached to an aromatic ring is 1. The normalized spacial score (nSPS) is 10.9. The molecule has 0 atom stereocenters. The van der Waals surface area contributed by atoms with Crippen LogP contribution in [0.15, 0.2) is 18.2 Å². The SMILES string of the molecule is COc1cc(NCC(=O)OC(C)(C)C)ccc1N. The maximum atomic E-state index is 11.5. The van der Waals surface area contributed by atoms with Crippen LogP contribution in [0.3, 0.4) is 0 Å². The molecular weight excluding hydrogens is 232 g/mol. The van der Waals surface area contributed by atoms with Crippen LogP contribution in [-0.4, -0.2) is 25.2 Å². The molecule has 0 spiro atoms. The van der Waals surface area contributed by atoms with Crippen molar-refractivity contribution < 1.29 is 14.3 Å². The Morgan fingerprint density at radius 1 is 1.39 bits per heavy atom. The van der Waals surface area contributed by atoms with Gasteiger partial charge in [-0.05, 0) is 32.9 Å². The quantitative estimate of drug-likeness (QED) is 0.633. The third-order valence-electron chi connectivity index (χ3n) is 2.09. The topological polar surface area (TPSA) is 73.6 Å². The van der Waals surface area contributed by atoms with Crippen molar-refractivity contribution in [1.29, 1.82) is 0 Å². The standard InChI is InChI=1S/C13H20N2O3/c1-13(2,3)18-12(16)8-15-9-5-6-10(14)11(7-9)17-4/h5-7,15H,8,14H2,1-4H3. The average Bonchev–Trinajstić information content (AvgIpc) is 2.25. The summed E-state index contributed by atoms with van der Waals surface area (Å²) in [6.45, 7) is 5.59. The van der Waals surface area contributed by atoms with E-state index in [4.69, 9.17) is 15.2 Å². The molecule has 0 aliphatic heterocycles. The number of nitrogens with two attached hydrogens (primary N) is 1. The molecule has 0 aromatic heterocycles. The van der Waals surface area contributed by atoms with Gasteiger partial charge in [-0.1, -0.05) is 0 Å². The highest BCUT2D eigenvalue weighted by atomic mass is 16.6. The van der Waals surface area contributed by atoms with Crippen LogP contribution in [0, 0.1) is 0 Å². The third-order valence-corrected chi connectivity index (χ3v) is 2.09. The highest BCUT2D eigenvalue weighted by Crippen LogP contribution is 2.24. The molecule has 5 heteroatoms. The van der Waals surface area contributed by atoms with Crippen molar-refractivity contribution in [2.45, 2.75) is 26.4 Å².